The van der Waals surface area contributed by atoms with Crippen molar-refractivity contribution < 1.29 is 23.9 Å². The zero-order valence-corrected chi connectivity index (χ0v) is 23.6. The van der Waals surface area contributed by atoms with Gasteiger partial charge in [0.1, 0.15) is 17.7 Å². The minimum Gasteiger partial charge on any atom is -0.444 e. The van der Waals surface area contributed by atoms with E-state index in [1.54, 1.807) is 26.8 Å². The Balaban J connectivity index is 3.46. The van der Waals surface area contributed by atoms with E-state index in [1.165, 1.54) is 4.90 Å². The number of benzene rings is 1. The highest BCUT2D eigenvalue weighted by Crippen LogP contribution is 2.25. The zero-order chi connectivity index (χ0) is 28.2. The summed E-state index contributed by atoms with van der Waals surface area (Å²) in [4.78, 5) is 53.3. The summed E-state index contributed by atoms with van der Waals surface area (Å²) in [6, 6.07) is 5.05. The normalized spacial score (nSPS) is 13.0. The smallest absolute Gasteiger partial charge is 0.408 e. The molecule has 208 valence electrons. The van der Waals surface area contributed by atoms with E-state index in [4.69, 9.17) is 10.5 Å². The minimum absolute atomic E-state index is 0.150. The number of carbonyl (C=O) groups is 4. The van der Waals surface area contributed by atoms with Gasteiger partial charge in [-0.25, -0.2) is 4.79 Å². The Bertz CT molecular complexity index is 910. The van der Waals surface area contributed by atoms with Gasteiger partial charge in [-0.1, -0.05) is 62.4 Å². The van der Waals surface area contributed by atoms with Crippen molar-refractivity contribution in [2.24, 2.45) is 5.73 Å². The van der Waals surface area contributed by atoms with Crippen LogP contribution in [0.3, 0.4) is 0 Å². The summed E-state index contributed by atoms with van der Waals surface area (Å²) in [5, 5.41) is 5.43. The van der Waals surface area contributed by atoms with E-state index in [9.17, 15) is 19.2 Å². The second-order valence-electron chi connectivity index (χ2n) is 10.8. The molecule has 0 bridgehead atoms. The minimum atomic E-state index is -1.28. The lowest BCUT2D eigenvalue weighted by Gasteiger charge is -2.35. The van der Waals surface area contributed by atoms with Crippen LogP contribution in [0.1, 0.15) is 97.2 Å². The van der Waals surface area contributed by atoms with Gasteiger partial charge in [-0.2, -0.15) is 0 Å². The largest absolute Gasteiger partial charge is 0.444 e. The number of nitrogens with one attached hydrogen (secondary N) is 2. The molecule has 0 aliphatic rings. The third kappa shape index (κ3) is 12.1. The van der Waals surface area contributed by atoms with Gasteiger partial charge in [-0.05, 0) is 53.5 Å². The Hall–Kier alpha value is -3.10. The van der Waals surface area contributed by atoms with E-state index in [1.807, 2.05) is 39.0 Å². The van der Waals surface area contributed by atoms with Gasteiger partial charge < -0.3 is 26.0 Å². The molecule has 4 amide bonds. The van der Waals surface area contributed by atoms with E-state index < -0.39 is 42.0 Å². The lowest BCUT2D eigenvalue weighted by atomic mass is 9.99. The van der Waals surface area contributed by atoms with Gasteiger partial charge in [0.15, 0.2) is 0 Å². The number of nitrogens with two attached hydrogens (primary N) is 1. The Kier molecular flexibility index (Phi) is 13.1. The highest BCUT2D eigenvalue weighted by Gasteiger charge is 2.37. The average Bonchev–Trinajstić information content (AvgIpc) is 2.75. The standard InChI is InChI=1S/C28H46N4O5/c1-8-9-10-11-12-16-32(24(25(34)30-19(2)3)21-15-13-14-20(4)17-21)26(35)22(18-23(29)33)31-27(36)37-28(5,6)7/h13-15,17,19,22,24H,8-12,16,18H2,1-7H3,(H2,29,33)(H,30,34)(H,31,36). The second-order valence-corrected chi connectivity index (χ2v) is 10.8. The Morgan fingerprint density at radius 1 is 1.03 bits per heavy atom. The van der Waals surface area contributed by atoms with E-state index in [-0.39, 0.29) is 18.5 Å². The molecule has 0 aromatic heterocycles. The molecule has 2 atom stereocenters. The molecule has 0 saturated heterocycles. The molecule has 2 unspecified atom stereocenters. The summed E-state index contributed by atoms with van der Waals surface area (Å²) in [6.45, 7) is 13.1. The summed E-state index contributed by atoms with van der Waals surface area (Å²) in [5.41, 5.74) is 6.23. The molecule has 0 saturated carbocycles. The Morgan fingerprint density at radius 3 is 2.22 bits per heavy atom. The number of alkyl carbamates (subject to hydrolysis) is 1. The summed E-state index contributed by atoms with van der Waals surface area (Å²) >= 11 is 0. The number of amides is 4. The number of carbonyl (C=O) groups excluding carboxylic acids is 4. The van der Waals surface area contributed by atoms with Gasteiger partial charge in [0, 0.05) is 12.6 Å². The van der Waals surface area contributed by atoms with Crippen LogP contribution < -0.4 is 16.4 Å². The number of aryl methyl sites for hydroxylation is 1. The Labute approximate surface area is 221 Å². The second kappa shape index (κ2) is 15.2. The predicted octanol–water partition coefficient (Wildman–Crippen LogP) is 4.13. The molecule has 4 N–H and O–H groups in total. The average molecular weight is 519 g/mol. The van der Waals surface area contributed by atoms with Gasteiger partial charge in [0.25, 0.3) is 0 Å². The maximum absolute atomic E-state index is 14.0. The van der Waals surface area contributed by atoms with Crippen molar-refractivity contribution >= 4 is 23.8 Å². The van der Waals surface area contributed by atoms with Crippen LogP contribution in [0.2, 0.25) is 0 Å². The van der Waals surface area contributed by atoms with Crippen LogP contribution in [0.25, 0.3) is 0 Å². The van der Waals surface area contributed by atoms with Crippen molar-refractivity contribution in [1.29, 1.82) is 0 Å². The molecule has 0 spiro atoms. The predicted molar refractivity (Wildman–Crippen MR) is 145 cm³/mol. The molecular formula is C28H46N4O5. The summed E-state index contributed by atoms with van der Waals surface area (Å²) in [6.07, 6.45) is 3.44. The van der Waals surface area contributed by atoms with Crippen molar-refractivity contribution in [2.45, 2.75) is 111 Å². The molecule has 1 rings (SSSR count). The zero-order valence-electron chi connectivity index (χ0n) is 23.6. The van der Waals surface area contributed by atoms with Crippen molar-refractivity contribution in [3.8, 4) is 0 Å². The van der Waals surface area contributed by atoms with E-state index in [0.717, 1.165) is 31.2 Å². The lowest BCUT2D eigenvalue weighted by molar-refractivity contribution is -0.143. The number of unbranched alkanes of at least 4 members (excludes halogenated alkanes) is 4. The van der Waals surface area contributed by atoms with E-state index >= 15 is 0 Å². The molecule has 0 heterocycles. The van der Waals surface area contributed by atoms with Crippen molar-refractivity contribution in [3.63, 3.8) is 0 Å². The third-order valence-corrected chi connectivity index (χ3v) is 5.53. The van der Waals surface area contributed by atoms with Crippen LogP contribution in [0.15, 0.2) is 24.3 Å². The maximum Gasteiger partial charge on any atom is 0.408 e. The van der Waals surface area contributed by atoms with Crippen LogP contribution in [-0.2, 0) is 19.1 Å². The number of ether oxygens (including phenoxy) is 1. The molecule has 9 heteroatoms. The van der Waals surface area contributed by atoms with Gasteiger partial charge in [-0.15, -0.1) is 0 Å². The number of primary amides is 1. The fourth-order valence-corrected chi connectivity index (χ4v) is 3.98. The fourth-order valence-electron chi connectivity index (χ4n) is 3.98. The number of hydrogen-bond donors (Lipinski definition) is 3. The molecular weight excluding hydrogens is 472 g/mol. The van der Waals surface area contributed by atoms with Gasteiger partial charge in [-0.3, -0.25) is 14.4 Å². The first kappa shape index (κ1) is 31.9. The van der Waals surface area contributed by atoms with E-state index in [0.29, 0.717) is 12.0 Å². The SMILES string of the molecule is CCCCCCCN(C(=O)C(CC(N)=O)NC(=O)OC(C)(C)C)C(C(=O)NC(C)C)c1cccc(C)c1. The first-order chi connectivity index (χ1) is 17.2. The lowest BCUT2D eigenvalue weighted by Crippen LogP contribution is -2.54. The molecule has 0 radical (unpaired) electrons. The first-order valence-corrected chi connectivity index (χ1v) is 13.2. The third-order valence-electron chi connectivity index (χ3n) is 5.53. The van der Waals surface area contributed by atoms with Gasteiger partial charge in [0.2, 0.25) is 17.7 Å². The summed E-state index contributed by atoms with van der Waals surface area (Å²) in [5.74, 6) is -1.65. The molecule has 37 heavy (non-hydrogen) atoms. The molecule has 0 aliphatic heterocycles. The quantitative estimate of drug-likeness (QED) is 0.319. The van der Waals surface area contributed by atoms with Crippen molar-refractivity contribution in [3.05, 3.63) is 35.4 Å². The fraction of sp³-hybridized carbons (Fsp3) is 0.643. The molecule has 1 aromatic rings. The van der Waals surface area contributed by atoms with Crippen LogP contribution in [0, 0.1) is 6.92 Å². The van der Waals surface area contributed by atoms with Crippen molar-refractivity contribution in [2.75, 3.05) is 6.54 Å². The molecule has 0 aliphatic carbocycles. The molecule has 1 aromatic carbocycles. The molecule has 9 nitrogen and oxygen atoms in total. The highest BCUT2D eigenvalue weighted by atomic mass is 16.6. The summed E-state index contributed by atoms with van der Waals surface area (Å²) < 4.78 is 5.31. The van der Waals surface area contributed by atoms with Crippen LogP contribution in [0.4, 0.5) is 4.79 Å². The van der Waals surface area contributed by atoms with Gasteiger partial charge >= 0.3 is 6.09 Å². The van der Waals surface area contributed by atoms with Crippen LogP contribution in [-0.4, -0.2) is 52.9 Å². The van der Waals surface area contributed by atoms with Crippen LogP contribution >= 0.6 is 0 Å². The topological polar surface area (TPSA) is 131 Å². The van der Waals surface area contributed by atoms with Gasteiger partial charge in [0.05, 0.1) is 6.42 Å². The number of nitrogens with zero attached hydrogens (tertiary/aromatic N) is 1. The number of hydrogen-bond acceptors (Lipinski definition) is 5. The highest BCUT2D eigenvalue weighted by molar-refractivity contribution is 5.94. The molecule has 0 fully saturated rings. The van der Waals surface area contributed by atoms with E-state index in [2.05, 4.69) is 17.6 Å². The summed E-state index contributed by atoms with van der Waals surface area (Å²) in [7, 11) is 0. The van der Waals surface area contributed by atoms with Crippen molar-refractivity contribution in [1.82, 2.24) is 15.5 Å². The maximum atomic E-state index is 14.0. The number of rotatable bonds is 14. The first-order valence-electron chi connectivity index (χ1n) is 13.2. The van der Waals surface area contributed by atoms with Crippen LogP contribution in [0.5, 0.6) is 0 Å². The Morgan fingerprint density at radius 2 is 1.68 bits per heavy atom. The monoisotopic (exact) mass is 518 g/mol.